The van der Waals surface area contributed by atoms with E-state index in [1.807, 2.05) is 0 Å². The number of hydrogen-bond donors (Lipinski definition) is 2. The Kier molecular flexibility index (Phi) is 4.36. The highest BCUT2D eigenvalue weighted by molar-refractivity contribution is 7.89. The topological polar surface area (TPSA) is 58.2 Å². The third-order valence-electron chi connectivity index (χ3n) is 3.16. The standard InChI is InChI=1S/C12H15F3N2O2S/c13-12(14,15)10-5-1-2-6-11(10)20(18,19)17-8-9-4-3-7-16-9/h1-2,5-6,9,16-17H,3-4,7-8H2/t9-/m1/s1. The van der Waals surface area contributed by atoms with Gasteiger partial charge in [-0.2, -0.15) is 13.2 Å². The van der Waals surface area contributed by atoms with Gasteiger partial charge in [0, 0.05) is 12.6 Å². The molecule has 2 rings (SSSR count). The van der Waals surface area contributed by atoms with Gasteiger partial charge in [0.15, 0.2) is 0 Å². The minimum absolute atomic E-state index is 0.0252. The first-order valence-corrected chi connectivity index (χ1v) is 7.68. The SMILES string of the molecule is O=S(=O)(NC[C@H]1CCCN1)c1ccccc1C(F)(F)F. The van der Waals surface area contributed by atoms with E-state index in [2.05, 4.69) is 10.0 Å². The van der Waals surface area contributed by atoms with E-state index in [1.54, 1.807) is 0 Å². The smallest absolute Gasteiger partial charge is 0.313 e. The summed E-state index contributed by atoms with van der Waals surface area (Å²) in [5.74, 6) is 0. The van der Waals surface area contributed by atoms with Crippen LogP contribution < -0.4 is 10.0 Å². The van der Waals surface area contributed by atoms with Crippen molar-refractivity contribution in [2.24, 2.45) is 0 Å². The lowest BCUT2D eigenvalue weighted by Crippen LogP contribution is -2.37. The van der Waals surface area contributed by atoms with Crippen LogP contribution in [0.15, 0.2) is 29.2 Å². The van der Waals surface area contributed by atoms with Crippen molar-refractivity contribution in [2.75, 3.05) is 13.1 Å². The molecule has 0 amide bonds. The fourth-order valence-electron chi connectivity index (χ4n) is 2.15. The third kappa shape index (κ3) is 3.50. The van der Waals surface area contributed by atoms with Gasteiger partial charge in [-0.15, -0.1) is 0 Å². The van der Waals surface area contributed by atoms with Gasteiger partial charge >= 0.3 is 6.18 Å². The number of alkyl halides is 3. The first-order chi connectivity index (χ1) is 9.31. The van der Waals surface area contributed by atoms with Crippen molar-refractivity contribution in [3.8, 4) is 0 Å². The molecule has 8 heteroatoms. The molecule has 0 radical (unpaired) electrons. The summed E-state index contributed by atoms with van der Waals surface area (Å²) in [6.45, 7) is 0.889. The van der Waals surface area contributed by atoms with Gasteiger partial charge in [-0.05, 0) is 31.5 Å². The second-order valence-corrected chi connectivity index (χ2v) is 6.37. The second kappa shape index (κ2) is 5.71. The molecule has 0 spiro atoms. The van der Waals surface area contributed by atoms with Crippen LogP contribution in [0.3, 0.4) is 0 Å². The molecule has 112 valence electrons. The molecule has 0 unspecified atom stereocenters. The van der Waals surface area contributed by atoms with Crippen LogP contribution in [0, 0.1) is 0 Å². The van der Waals surface area contributed by atoms with E-state index in [4.69, 9.17) is 0 Å². The number of sulfonamides is 1. The molecule has 2 N–H and O–H groups in total. The molecule has 1 atom stereocenters. The molecular weight excluding hydrogens is 293 g/mol. The van der Waals surface area contributed by atoms with Crippen LogP contribution in [0.2, 0.25) is 0 Å². The highest BCUT2D eigenvalue weighted by atomic mass is 32.2. The Bertz CT molecular complexity index is 566. The lowest BCUT2D eigenvalue weighted by Gasteiger charge is -2.15. The van der Waals surface area contributed by atoms with Gasteiger partial charge in [0.25, 0.3) is 0 Å². The van der Waals surface area contributed by atoms with Crippen molar-refractivity contribution < 1.29 is 21.6 Å². The van der Waals surface area contributed by atoms with E-state index in [-0.39, 0.29) is 12.6 Å². The van der Waals surface area contributed by atoms with Gasteiger partial charge in [0.05, 0.1) is 10.5 Å². The number of hydrogen-bond acceptors (Lipinski definition) is 3. The number of benzene rings is 1. The summed E-state index contributed by atoms with van der Waals surface area (Å²) >= 11 is 0. The van der Waals surface area contributed by atoms with Crippen molar-refractivity contribution in [3.05, 3.63) is 29.8 Å². The van der Waals surface area contributed by atoms with E-state index in [0.29, 0.717) is 0 Å². The molecule has 1 aliphatic heterocycles. The Labute approximate surface area is 115 Å². The predicted molar refractivity (Wildman–Crippen MR) is 67.7 cm³/mol. The molecule has 0 saturated carbocycles. The average molecular weight is 308 g/mol. The molecule has 1 aliphatic rings. The lowest BCUT2D eigenvalue weighted by molar-refractivity contribution is -0.139. The second-order valence-electron chi connectivity index (χ2n) is 4.64. The minimum Gasteiger partial charge on any atom is -0.313 e. The maximum Gasteiger partial charge on any atom is 0.417 e. The minimum atomic E-state index is -4.70. The molecular formula is C12H15F3N2O2S. The highest BCUT2D eigenvalue weighted by Gasteiger charge is 2.36. The molecule has 1 saturated heterocycles. The van der Waals surface area contributed by atoms with Crippen molar-refractivity contribution in [1.29, 1.82) is 0 Å². The van der Waals surface area contributed by atoms with E-state index >= 15 is 0 Å². The average Bonchev–Trinajstić information content (AvgIpc) is 2.89. The fourth-order valence-corrected chi connectivity index (χ4v) is 3.46. The van der Waals surface area contributed by atoms with Gasteiger partial charge in [-0.25, -0.2) is 13.1 Å². The van der Waals surface area contributed by atoms with E-state index in [1.165, 1.54) is 12.1 Å². The summed E-state index contributed by atoms with van der Waals surface area (Å²) < 4.78 is 64.7. The molecule has 1 heterocycles. The van der Waals surface area contributed by atoms with Crippen molar-refractivity contribution in [1.82, 2.24) is 10.0 Å². The maximum atomic E-state index is 12.8. The van der Waals surface area contributed by atoms with Crippen molar-refractivity contribution >= 4 is 10.0 Å². The Morgan fingerprint density at radius 2 is 2.00 bits per heavy atom. The Morgan fingerprint density at radius 1 is 1.30 bits per heavy atom. The summed E-state index contributed by atoms with van der Waals surface area (Å²) in [6.07, 6.45) is -2.95. The van der Waals surface area contributed by atoms with Crippen LogP contribution in [0.25, 0.3) is 0 Å². The summed E-state index contributed by atoms with van der Waals surface area (Å²) in [7, 11) is -4.17. The monoisotopic (exact) mass is 308 g/mol. The van der Waals surface area contributed by atoms with Crippen LogP contribution in [0.4, 0.5) is 13.2 Å². The lowest BCUT2D eigenvalue weighted by atomic mass is 10.2. The molecule has 0 aromatic heterocycles. The van der Waals surface area contributed by atoms with Crippen LogP contribution in [0.1, 0.15) is 18.4 Å². The number of halogens is 3. The van der Waals surface area contributed by atoms with Gasteiger partial charge < -0.3 is 5.32 Å². The van der Waals surface area contributed by atoms with E-state index in [9.17, 15) is 21.6 Å². The van der Waals surface area contributed by atoms with Crippen molar-refractivity contribution in [2.45, 2.75) is 30.0 Å². The number of nitrogens with one attached hydrogen (secondary N) is 2. The molecule has 0 bridgehead atoms. The van der Waals surface area contributed by atoms with Gasteiger partial charge in [0.2, 0.25) is 10.0 Å². The summed E-state index contributed by atoms with van der Waals surface area (Å²) in [4.78, 5) is -0.731. The Morgan fingerprint density at radius 3 is 2.60 bits per heavy atom. The van der Waals surface area contributed by atoms with Gasteiger partial charge in [-0.1, -0.05) is 12.1 Å². The van der Waals surface area contributed by atoms with Crippen LogP contribution >= 0.6 is 0 Å². The van der Waals surface area contributed by atoms with Gasteiger partial charge in [-0.3, -0.25) is 0 Å². The first kappa shape index (κ1) is 15.3. The largest absolute Gasteiger partial charge is 0.417 e. The van der Waals surface area contributed by atoms with Crippen LogP contribution in [0.5, 0.6) is 0 Å². The van der Waals surface area contributed by atoms with Crippen LogP contribution in [-0.2, 0) is 16.2 Å². The first-order valence-electron chi connectivity index (χ1n) is 6.20. The summed E-state index contributed by atoms with van der Waals surface area (Å²) in [6, 6.07) is 4.15. The third-order valence-corrected chi connectivity index (χ3v) is 4.65. The highest BCUT2D eigenvalue weighted by Crippen LogP contribution is 2.33. The maximum absolute atomic E-state index is 12.8. The predicted octanol–water partition coefficient (Wildman–Crippen LogP) is 1.74. The van der Waals surface area contributed by atoms with E-state index < -0.39 is 26.7 Å². The Hall–Kier alpha value is -1.12. The molecule has 1 aromatic carbocycles. The zero-order chi connectivity index (χ0) is 14.8. The normalized spacial score (nSPS) is 20.2. The fraction of sp³-hybridized carbons (Fsp3) is 0.500. The zero-order valence-corrected chi connectivity index (χ0v) is 11.4. The number of rotatable bonds is 4. The summed E-state index contributed by atoms with van der Waals surface area (Å²) in [5.41, 5.74) is -1.15. The van der Waals surface area contributed by atoms with E-state index in [0.717, 1.165) is 31.5 Å². The Balaban J connectivity index is 2.20. The molecule has 4 nitrogen and oxygen atoms in total. The van der Waals surface area contributed by atoms with Crippen LogP contribution in [-0.4, -0.2) is 27.5 Å². The molecule has 1 fully saturated rings. The summed E-state index contributed by atoms with van der Waals surface area (Å²) in [5, 5.41) is 3.08. The quantitative estimate of drug-likeness (QED) is 0.891. The molecule has 0 aliphatic carbocycles. The molecule has 20 heavy (non-hydrogen) atoms. The van der Waals surface area contributed by atoms with Gasteiger partial charge in [0.1, 0.15) is 0 Å². The van der Waals surface area contributed by atoms with Crippen molar-refractivity contribution in [3.63, 3.8) is 0 Å². The molecule has 1 aromatic rings. The zero-order valence-electron chi connectivity index (χ0n) is 10.6.